The molecule has 0 aliphatic carbocycles. The van der Waals surface area contributed by atoms with Crippen LogP contribution in [0.1, 0.15) is 46.2 Å². The molecule has 1 rings (SSSR count). The number of nitrogens with two attached hydrogens (primary N) is 1. The molecule has 0 saturated heterocycles. The molecule has 0 spiro atoms. The summed E-state index contributed by atoms with van der Waals surface area (Å²) in [6.07, 6.45) is 0. The first-order valence-electron chi connectivity index (χ1n) is 7.02. The van der Waals surface area contributed by atoms with Crippen LogP contribution in [0.3, 0.4) is 0 Å². The Bertz CT molecular complexity index is 444. The van der Waals surface area contributed by atoms with Gasteiger partial charge in [0.2, 0.25) is 5.91 Å². The lowest BCUT2D eigenvalue weighted by Gasteiger charge is -2.32. The predicted molar refractivity (Wildman–Crippen MR) is 97.8 cm³/mol. The van der Waals surface area contributed by atoms with Gasteiger partial charge in [-0.3, -0.25) is 4.79 Å². The van der Waals surface area contributed by atoms with Crippen LogP contribution in [0.15, 0.2) is 30.3 Å². The van der Waals surface area contributed by atoms with E-state index < -0.39 is 5.54 Å². The Morgan fingerprint density at radius 3 is 2.09 bits per heavy atom. The summed E-state index contributed by atoms with van der Waals surface area (Å²) >= 11 is 0. The van der Waals surface area contributed by atoms with Gasteiger partial charge in [0, 0.05) is 18.1 Å². The number of nitrogens with one attached hydrogen (secondary N) is 2. The topological polar surface area (TPSA) is 67.1 Å². The van der Waals surface area contributed by atoms with Crippen molar-refractivity contribution in [1.82, 2.24) is 10.6 Å². The molecule has 0 saturated carbocycles. The maximum absolute atomic E-state index is 11.8. The molecule has 0 aliphatic heterocycles. The van der Waals surface area contributed by atoms with Crippen molar-refractivity contribution < 1.29 is 4.79 Å². The standard InChI is InChI=1S/C16H27N3O.2ClH/c1-12(13-9-7-6-8-10-13)19-15(2,3)11-18-14(20)16(4,5)17;;/h6-10,12,19H,11,17H2,1-5H3,(H,18,20);2*1H. The minimum Gasteiger partial charge on any atom is -0.353 e. The largest absolute Gasteiger partial charge is 0.353 e. The molecule has 1 unspecified atom stereocenters. The number of halogens is 2. The van der Waals surface area contributed by atoms with Gasteiger partial charge in [-0.2, -0.15) is 0 Å². The molecule has 0 bridgehead atoms. The molecule has 0 radical (unpaired) electrons. The Morgan fingerprint density at radius 1 is 1.14 bits per heavy atom. The second kappa shape index (κ2) is 9.36. The summed E-state index contributed by atoms with van der Waals surface area (Å²) in [5.74, 6) is -0.139. The van der Waals surface area contributed by atoms with Gasteiger partial charge in [0.05, 0.1) is 5.54 Å². The number of benzene rings is 1. The van der Waals surface area contributed by atoms with Crippen molar-refractivity contribution >= 4 is 30.7 Å². The van der Waals surface area contributed by atoms with Gasteiger partial charge in [0.25, 0.3) is 0 Å². The molecule has 128 valence electrons. The van der Waals surface area contributed by atoms with E-state index in [-0.39, 0.29) is 42.3 Å². The van der Waals surface area contributed by atoms with E-state index in [9.17, 15) is 4.79 Å². The predicted octanol–water partition coefficient (Wildman–Crippen LogP) is 2.81. The Kier molecular flexibility index (Phi) is 9.98. The van der Waals surface area contributed by atoms with Crippen LogP contribution in [0.4, 0.5) is 0 Å². The second-order valence-electron chi connectivity index (χ2n) is 6.56. The average Bonchev–Trinajstić information content (AvgIpc) is 2.35. The third kappa shape index (κ3) is 7.99. The molecule has 1 aromatic rings. The van der Waals surface area contributed by atoms with Gasteiger partial charge < -0.3 is 16.4 Å². The van der Waals surface area contributed by atoms with Gasteiger partial charge >= 0.3 is 0 Å². The molecule has 4 nitrogen and oxygen atoms in total. The molecule has 0 aromatic heterocycles. The fourth-order valence-corrected chi connectivity index (χ4v) is 1.99. The van der Waals surface area contributed by atoms with Crippen LogP contribution >= 0.6 is 24.8 Å². The number of hydrogen-bond donors (Lipinski definition) is 3. The highest BCUT2D eigenvalue weighted by Crippen LogP contribution is 2.15. The number of amides is 1. The minimum absolute atomic E-state index is 0. The number of carbonyl (C=O) groups excluding carboxylic acids is 1. The molecule has 4 N–H and O–H groups in total. The molecule has 6 heteroatoms. The van der Waals surface area contributed by atoms with Crippen LogP contribution < -0.4 is 16.4 Å². The van der Waals surface area contributed by atoms with Gasteiger partial charge in [0.15, 0.2) is 0 Å². The Balaban J connectivity index is 0. The lowest BCUT2D eigenvalue weighted by Crippen LogP contribution is -2.55. The van der Waals surface area contributed by atoms with E-state index in [4.69, 9.17) is 5.73 Å². The smallest absolute Gasteiger partial charge is 0.239 e. The highest BCUT2D eigenvalue weighted by molar-refractivity contribution is 5.86. The summed E-state index contributed by atoms with van der Waals surface area (Å²) in [4.78, 5) is 11.8. The molecule has 1 aromatic carbocycles. The summed E-state index contributed by atoms with van der Waals surface area (Å²) in [5.41, 5.74) is 5.94. The van der Waals surface area contributed by atoms with Crippen LogP contribution in [0.25, 0.3) is 0 Å². The molecular formula is C16H29Cl2N3O. The van der Waals surface area contributed by atoms with Gasteiger partial charge in [-0.1, -0.05) is 30.3 Å². The summed E-state index contributed by atoms with van der Waals surface area (Å²) in [6.45, 7) is 10.2. The van der Waals surface area contributed by atoms with Crippen molar-refractivity contribution in [1.29, 1.82) is 0 Å². The van der Waals surface area contributed by atoms with Crippen molar-refractivity contribution in [2.24, 2.45) is 5.73 Å². The van der Waals surface area contributed by atoms with Crippen molar-refractivity contribution in [2.45, 2.75) is 51.7 Å². The zero-order valence-electron chi connectivity index (χ0n) is 14.0. The summed E-state index contributed by atoms with van der Waals surface area (Å²) in [6, 6.07) is 10.5. The van der Waals surface area contributed by atoms with Crippen molar-refractivity contribution in [3.05, 3.63) is 35.9 Å². The van der Waals surface area contributed by atoms with E-state index >= 15 is 0 Å². The third-order valence-electron chi connectivity index (χ3n) is 3.18. The fraction of sp³-hybridized carbons (Fsp3) is 0.562. The monoisotopic (exact) mass is 349 g/mol. The Labute approximate surface area is 146 Å². The lowest BCUT2D eigenvalue weighted by atomic mass is 10.00. The van der Waals surface area contributed by atoms with E-state index in [1.165, 1.54) is 5.56 Å². The van der Waals surface area contributed by atoms with E-state index in [0.29, 0.717) is 6.54 Å². The first kappa shape index (κ1) is 23.5. The molecular weight excluding hydrogens is 321 g/mol. The van der Waals surface area contributed by atoms with Gasteiger partial charge in [-0.05, 0) is 40.2 Å². The van der Waals surface area contributed by atoms with E-state index in [2.05, 4.69) is 43.5 Å². The Morgan fingerprint density at radius 2 is 1.64 bits per heavy atom. The Hall–Kier alpha value is -0.810. The lowest BCUT2D eigenvalue weighted by molar-refractivity contribution is -0.125. The molecule has 0 fully saturated rings. The highest BCUT2D eigenvalue weighted by Gasteiger charge is 2.26. The summed E-state index contributed by atoms with van der Waals surface area (Å²) < 4.78 is 0. The average molecular weight is 350 g/mol. The number of hydrogen-bond acceptors (Lipinski definition) is 3. The number of rotatable bonds is 6. The van der Waals surface area contributed by atoms with Crippen LogP contribution in [0.2, 0.25) is 0 Å². The minimum atomic E-state index is -0.846. The van der Waals surface area contributed by atoms with Gasteiger partial charge in [-0.15, -0.1) is 24.8 Å². The summed E-state index contributed by atoms with van der Waals surface area (Å²) in [7, 11) is 0. The van der Waals surface area contributed by atoms with Gasteiger partial charge in [-0.25, -0.2) is 0 Å². The quantitative estimate of drug-likeness (QED) is 0.739. The molecule has 22 heavy (non-hydrogen) atoms. The van der Waals surface area contributed by atoms with Crippen LogP contribution in [0.5, 0.6) is 0 Å². The molecule has 1 atom stereocenters. The maximum Gasteiger partial charge on any atom is 0.239 e. The third-order valence-corrected chi connectivity index (χ3v) is 3.18. The van der Waals surface area contributed by atoms with Crippen LogP contribution in [0, 0.1) is 0 Å². The summed E-state index contributed by atoms with van der Waals surface area (Å²) in [5, 5.41) is 6.42. The maximum atomic E-state index is 11.8. The fourth-order valence-electron chi connectivity index (χ4n) is 1.99. The molecule has 0 heterocycles. The van der Waals surface area contributed by atoms with E-state index in [0.717, 1.165) is 0 Å². The van der Waals surface area contributed by atoms with E-state index in [1.54, 1.807) is 13.8 Å². The van der Waals surface area contributed by atoms with Crippen molar-refractivity contribution in [3.63, 3.8) is 0 Å². The van der Waals surface area contributed by atoms with Crippen molar-refractivity contribution in [2.75, 3.05) is 6.54 Å². The first-order chi connectivity index (χ1) is 9.12. The zero-order chi connectivity index (χ0) is 15.4. The van der Waals surface area contributed by atoms with Crippen molar-refractivity contribution in [3.8, 4) is 0 Å². The first-order valence-corrected chi connectivity index (χ1v) is 7.02. The normalized spacial score (nSPS) is 12.6. The second-order valence-corrected chi connectivity index (χ2v) is 6.56. The van der Waals surface area contributed by atoms with Crippen LogP contribution in [-0.2, 0) is 4.79 Å². The van der Waals surface area contributed by atoms with Gasteiger partial charge in [0.1, 0.15) is 0 Å². The number of carbonyl (C=O) groups is 1. The van der Waals surface area contributed by atoms with Crippen LogP contribution in [-0.4, -0.2) is 23.5 Å². The SMILES string of the molecule is CC(NC(C)(C)CNC(=O)C(C)(C)N)c1ccccc1.Cl.Cl. The zero-order valence-corrected chi connectivity index (χ0v) is 15.6. The van der Waals surface area contributed by atoms with E-state index in [1.807, 2.05) is 18.2 Å². The molecule has 1 amide bonds. The highest BCUT2D eigenvalue weighted by atomic mass is 35.5. The molecule has 0 aliphatic rings.